The van der Waals surface area contributed by atoms with Gasteiger partial charge >= 0.3 is 0 Å². The van der Waals surface area contributed by atoms with Gasteiger partial charge in [0.2, 0.25) is 0 Å². The maximum atomic E-state index is 11.5. The summed E-state index contributed by atoms with van der Waals surface area (Å²) in [6.07, 6.45) is 2.23. The van der Waals surface area contributed by atoms with Crippen molar-refractivity contribution in [3.63, 3.8) is 0 Å². The highest BCUT2D eigenvalue weighted by atomic mass is 79.9. The summed E-state index contributed by atoms with van der Waals surface area (Å²) in [5.41, 5.74) is 2.32. The average Bonchev–Trinajstić information content (AvgIpc) is 1.96. The molecule has 1 nitrogen and oxygen atoms in total. The van der Waals surface area contributed by atoms with Gasteiger partial charge in [-0.3, -0.25) is 4.79 Å². The molecular formula is C11H17BrO. The molecule has 2 heteroatoms. The predicted octanol–water partition coefficient (Wildman–Crippen LogP) is 3.48. The summed E-state index contributed by atoms with van der Waals surface area (Å²) in [5, 5.41) is 0. The lowest BCUT2D eigenvalue weighted by Crippen LogP contribution is -2.28. The van der Waals surface area contributed by atoms with Crippen LogP contribution >= 0.6 is 15.9 Å². The Hall–Kier alpha value is -0.110. The molecule has 0 N–H and O–H groups in total. The standard InChI is InChI=1S/C11H17BrO/c1-7-9(12)5-6-11(3,4)10(7)8(2)13/h9H,5-6H2,1-4H3. The molecule has 1 aliphatic carbocycles. The number of halogens is 1. The fraction of sp³-hybridized carbons (Fsp3) is 0.727. The van der Waals surface area contributed by atoms with E-state index in [0.717, 1.165) is 18.4 Å². The van der Waals surface area contributed by atoms with Crippen LogP contribution in [0.5, 0.6) is 0 Å². The monoisotopic (exact) mass is 244 g/mol. The van der Waals surface area contributed by atoms with E-state index < -0.39 is 0 Å². The molecule has 13 heavy (non-hydrogen) atoms. The second-order valence-corrected chi connectivity index (χ2v) is 5.61. The molecule has 0 aliphatic heterocycles. The number of hydrogen-bond donors (Lipinski definition) is 0. The van der Waals surface area contributed by atoms with Crippen LogP contribution in [0.25, 0.3) is 0 Å². The van der Waals surface area contributed by atoms with E-state index in [-0.39, 0.29) is 11.2 Å². The summed E-state index contributed by atoms with van der Waals surface area (Å²) >= 11 is 3.60. The van der Waals surface area contributed by atoms with Crippen LogP contribution in [0.2, 0.25) is 0 Å². The van der Waals surface area contributed by atoms with E-state index >= 15 is 0 Å². The van der Waals surface area contributed by atoms with Gasteiger partial charge in [0.25, 0.3) is 0 Å². The summed E-state index contributed by atoms with van der Waals surface area (Å²) in [5.74, 6) is 0.228. The van der Waals surface area contributed by atoms with Crippen molar-refractivity contribution in [2.75, 3.05) is 0 Å². The molecule has 1 aliphatic rings. The fourth-order valence-electron chi connectivity index (χ4n) is 2.27. The van der Waals surface area contributed by atoms with Gasteiger partial charge in [-0.15, -0.1) is 0 Å². The highest BCUT2D eigenvalue weighted by Gasteiger charge is 2.34. The van der Waals surface area contributed by atoms with Crippen LogP contribution in [-0.2, 0) is 4.79 Å². The van der Waals surface area contributed by atoms with Crippen LogP contribution < -0.4 is 0 Å². The van der Waals surface area contributed by atoms with Gasteiger partial charge in [-0.05, 0) is 32.1 Å². The number of carbonyl (C=O) groups excluding carboxylic acids is 1. The normalized spacial score (nSPS) is 27.6. The van der Waals surface area contributed by atoms with E-state index in [2.05, 4.69) is 36.7 Å². The molecular weight excluding hydrogens is 228 g/mol. The molecule has 0 amide bonds. The van der Waals surface area contributed by atoms with Gasteiger partial charge in [0.15, 0.2) is 5.78 Å². The molecule has 1 atom stereocenters. The molecule has 0 saturated carbocycles. The van der Waals surface area contributed by atoms with Gasteiger partial charge in [-0.25, -0.2) is 0 Å². The van der Waals surface area contributed by atoms with Crippen LogP contribution in [-0.4, -0.2) is 10.6 Å². The molecule has 1 unspecified atom stereocenters. The molecule has 0 radical (unpaired) electrons. The SMILES string of the molecule is CC(=O)C1=C(C)C(Br)CCC1(C)C. The second-order valence-electron chi connectivity index (χ2n) is 4.50. The maximum absolute atomic E-state index is 11.5. The molecule has 0 aromatic heterocycles. The highest BCUT2D eigenvalue weighted by molar-refractivity contribution is 9.09. The molecule has 0 fully saturated rings. The molecule has 0 saturated heterocycles. The Kier molecular flexibility index (Phi) is 3.01. The maximum Gasteiger partial charge on any atom is 0.156 e. The fourth-order valence-corrected chi connectivity index (χ4v) is 2.73. The summed E-state index contributed by atoms with van der Waals surface area (Å²) in [6.45, 7) is 8.06. The Morgan fingerprint density at radius 1 is 1.54 bits per heavy atom. The zero-order valence-corrected chi connectivity index (χ0v) is 10.4. The summed E-state index contributed by atoms with van der Waals surface area (Å²) in [4.78, 5) is 11.9. The first kappa shape index (κ1) is 11.0. The summed E-state index contributed by atoms with van der Waals surface area (Å²) in [7, 11) is 0. The molecule has 0 aromatic carbocycles. The Morgan fingerprint density at radius 3 is 2.46 bits per heavy atom. The largest absolute Gasteiger partial charge is 0.295 e. The number of allylic oxidation sites excluding steroid dienone is 2. The molecule has 0 spiro atoms. The van der Waals surface area contributed by atoms with Gasteiger partial charge in [0, 0.05) is 10.4 Å². The number of carbonyl (C=O) groups is 1. The summed E-state index contributed by atoms with van der Waals surface area (Å²) in [6, 6.07) is 0. The van der Waals surface area contributed by atoms with E-state index in [4.69, 9.17) is 0 Å². The van der Waals surface area contributed by atoms with E-state index in [0.29, 0.717) is 4.83 Å². The average molecular weight is 245 g/mol. The quantitative estimate of drug-likeness (QED) is 0.646. The Balaban J connectivity index is 3.17. The van der Waals surface area contributed by atoms with Gasteiger partial charge in [-0.2, -0.15) is 0 Å². The second kappa shape index (κ2) is 3.56. The van der Waals surface area contributed by atoms with Crippen LogP contribution in [0.15, 0.2) is 11.1 Å². The third-order valence-corrected chi connectivity index (χ3v) is 4.06. The topological polar surface area (TPSA) is 17.1 Å². The van der Waals surface area contributed by atoms with Crippen molar-refractivity contribution >= 4 is 21.7 Å². The lowest BCUT2D eigenvalue weighted by molar-refractivity contribution is -0.114. The minimum Gasteiger partial charge on any atom is -0.295 e. The number of alkyl halides is 1. The van der Waals surface area contributed by atoms with Crippen molar-refractivity contribution in [1.29, 1.82) is 0 Å². The van der Waals surface area contributed by atoms with Crippen LogP contribution in [0, 0.1) is 5.41 Å². The van der Waals surface area contributed by atoms with Crippen LogP contribution in [0.1, 0.15) is 40.5 Å². The van der Waals surface area contributed by atoms with E-state index in [9.17, 15) is 4.79 Å². The third-order valence-electron chi connectivity index (χ3n) is 2.92. The van der Waals surface area contributed by atoms with Crippen molar-refractivity contribution in [1.82, 2.24) is 0 Å². The van der Waals surface area contributed by atoms with Crippen molar-refractivity contribution in [2.24, 2.45) is 5.41 Å². The van der Waals surface area contributed by atoms with Gasteiger partial charge in [-0.1, -0.05) is 35.4 Å². The zero-order valence-electron chi connectivity index (χ0n) is 8.78. The predicted molar refractivity (Wildman–Crippen MR) is 59.1 cm³/mol. The molecule has 74 valence electrons. The number of rotatable bonds is 1. The van der Waals surface area contributed by atoms with E-state index in [1.165, 1.54) is 5.57 Å². The van der Waals surface area contributed by atoms with Crippen LogP contribution in [0.4, 0.5) is 0 Å². The van der Waals surface area contributed by atoms with Gasteiger partial charge in [0.05, 0.1) is 0 Å². The van der Waals surface area contributed by atoms with Gasteiger partial charge < -0.3 is 0 Å². The molecule has 0 bridgehead atoms. The molecule has 1 rings (SSSR count). The lowest BCUT2D eigenvalue weighted by Gasteiger charge is -2.35. The van der Waals surface area contributed by atoms with Gasteiger partial charge in [0.1, 0.15) is 0 Å². The van der Waals surface area contributed by atoms with E-state index in [1.807, 2.05) is 0 Å². The number of hydrogen-bond acceptors (Lipinski definition) is 1. The van der Waals surface area contributed by atoms with Crippen molar-refractivity contribution in [3.05, 3.63) is 11.1 Å². The Morgan fingerprint density at radius 2 is 2.08 bits per heavy atom. The van der Waals surface area contributed by atoms with Crippen molar-refractivity contribution < 1.29 is 4.79 Å². The smallest absolute Gasteiger partial charge is 0.156 e. The number of ketones is 1. The molecule has 0 heterocycles. The third kappa shape index (κ3) is 2.04. The minimum absolute atomic E-state index is 0.0696. The Labute approximate surface area is 88.7 Å². The minimum atomic E-state index is 0.0696. The first-order valence-corrected chi connectivity index (χ1v) is 5.64. The van der Waals surface area contributed by atoms with Crippen molar-refractivity contribution in [3.8, 4) is 0 Å². The van der Waals surface area contributed by atoms with Crippen molar-refractivity contribution in [2.45, 2.75) is 45.4 Å². The van der Waals surface area contributed by atoms with Crippen LogP contribution in [0.3, 0.4) is 0 Å². The van der Waals surface area contributed by atoms with E-state index in [1.54, 1.807) is 6.92 Å². The summed E-state index contributed by atoms with van der Waals surface area (Å²) < 4.78 is 0. The molecule has 0 aromatic rings. The Bertz CT molecular complexity index is 263. The highest BCUT2D eigenvalue weighted by Crippen LogP contribution is 2.42. The zero-order chi connectivity index (χ0) is 10.2. The first-order chi connectivity index (χ1) is 5.86. The first-order valence-electron chi connectivity index (χ1n) is 4.72. The number of Topliss-reactive ketones (excluding diaryl/α,β-unsaturated/α-hetero) is 1. The lowest BCUT2D eigenvalue weighted by atomic mass is 9.71.